The molecule has 4 rings (SSSR count). The van der Waals surface area contributed by atoms with Crippen LogP contribution in [0.25, 0.3) is 11.3 Å². The predicted molar refractivity (Wildman–Crippen MR) is 96.7 cm³/mol. The van der Waals surface area contributed by atoms with Crippen LogP contribution in [0.3, 0.4) is 0 Å². The number of aromatic nitrogens is 4. The quantitative estimate of drug-likeness (QED) is 0.834. The number of morpholine rings is 1. The molecule has 138 valence electrons. The lowest BCUT2D eigenvalue weighted by Gasteiger charge is -2.26. The zero-order chi connectivity index (χ0) is 17.6. The Hall–Kier alpha value is -2.16. The molecule has 8 heteroatoms. The van der Waals surface area contributed by atoms with Crippen molar-refractivity contribution in [1.29, 1.82) is 0 Å². The fourth-order valence-corrected chi connectivity index (χ4v) is 3.31. The number of anilines is 1. The van der Waals surface area contributed by atoms with Crippen LogP contribution in [0.2, 0.25) is 0 Å². The summed E-state index contributed by atoms with van der Waals surface area (Å²) >= 11 is 0. The molecule has 0 radical (unpaired) electrons. The monoisotopic (exact) mass is 356 g/mol. The summed E-state index contributed by atoms with van der Waals surface area (Å²) in [5, 5.41) is 3.34. The van der Waals surface area contributed by atoms with E-state index in [0.29, 0.717) is 5.95 Å². The van der Waals surface area contributed by atoms with Crippen molar-refractivity contribution in [3.05, 3.63) is 30.5 Å². The Labute approximate surface area is 153 Å². The molecule has 0 spiro atoms. The molecule has 2 aliphatic heterocycles. The zero-order valence-corrected chi connectivity index (χ0v) is 14.8. The minimum Gasteiger partial charge on any atom is -0.379 e. The standard InChI is InChI=1S/C18H24N6O2/c1-2-16(26-9-1)17-14(15-13-19-3-4-20-15)12-22-18(23-17)21-5-6-24-7-10-25-11-8-24/h3-4,12-13,16H,1-2,5-11H2,(H,21,22,23)/t16-/m1/s1. The van der Waals surface area contributed by atoms with Crippen molar-refractivity contribution in [2.45, 2.75) is 18.9 Å². The van der Waals surface area contributed by atoms with Gasteiger partial charge in [-0.15, -0.1) is 0 Å². The van der Waals surface area contributed by atoms with Gasteiger partial charge in [0.15, 0.2) is 0 Å². The molecule has 0 unspecified atom stereocenters. The SMILES string of the molecule is c1cnc(-c2cnc(NCCN3CCOCC3)nc2[C@H]2CCCO2)cn1. The number of hydrogen-bond donors (Lipinski definition) is 1. The maximum absolute atomic E-state index is 5.87. The molecule has 0 bridgehead atoms. The number of ether oxygens (including phenoxy) is 2. The van der Waals surface area contributed by atoms with Crippen LogP contribution < -0.4 is 5.32 Å². The van der Waals surface area contributed by atoms with Crippen LogP contribution in [0.5, 0.6) is 0 Å². The molecule has 2 aliphatic rings. The van der Waals surface area contributed by atoms with Gasteiger partial charge in [0.05, 0.1) is 30.8 Å². The third kappa shape index (κ3) is 4.14. The number of nitrogens with zero attached hydrogens (tertiary/aromatic N) is 5. The Balaban J connectivity index is 1.48. The van der Waals surface area contributed by atoms with Gasteiger partial charge in [0, 0.05) is 56.9 Å². The lowest BCUT2D eigenvalue weighted by atomic mass is 10.1. The molecule has 0 amide bonds. The number of nitrogens with one attached hydrogen (secondary N) is 1. The van der Waals surface area contributed by atoms with Crippen molar-refractivity contribution in [3.63, 3.8) is 0 Å². The summed E-state index contributed by atoms with van der Waals surface area (Å²) in [4.78, 5) is 20.2. The molecule has 0 saturated carbocycles. The van der Waals surface area contributed by atoms with Crippen molar-refractivity contribution in [2.24, 2.45) is 0 Å². The van der Waals surface area contributed by atoms with E-state index in [1.807, 2.05) is 6.20 Å². The fourth-order valence-electron chi connectivity index (χ4n) is 3.31. The van der Waals surface area contributed by atoms with E-state index in [0.717, 1.165) is 75.8 Å². The number of hydrogen-bond acceptors (Lipinski definition) is 8. The minimum absolute atomic E-state index is 0.00482. The zero-order valence-electron chi connectivity index (χ0n) is 14.8. The van der Waals surface area contributed by atoms with Gasteiger partial charge in [-0.05, 0) is 12.8 Å². The van der Waals surface area contributed by atoms with Gasteiger partial charge >= 0.3 is 0 Å². The average Bonchev–Trinajstić information content (AvgIpc) is 3.24. The van der Waals surface area contributed by atoms with Crippen LogP contribution in [0.4, 0.5) is 5.95 Å². The highest BCUT2D eigenvalue weighted by Crippen LogP contribution is 2.33. The van der Waals surface area contributed by atoms with Crippen LogP contribution in [-0.4, -0.2) is 70.8 Å². The normalized spacial score (nSPS) is 21.0. The first-order chi connectivity index (χ1) is 12.9. The second-order valence-corrected chi connectivity index (χ2v) is 6.47. The molecule has 1 N–H and O–H groups in total. The third-order valence-corrected chi connectivity index (χ3v) is 4.71. The molecule has 2 fully saturated rings. The molecule has 26 heavy (non-hydrogen) atoms. The number of rotatable bonds is 6. The summed E-state index contributed by atoms with van der Waals surface area (Å²) in [7, 11) is 0. The van der Waals surface area contributed by atoms with Crippen LogP contribution >= 0.6 is 0 Å². The van der Waals surface area contributed by atoms with Crippen molar-refractivity contribution in [2.75, 3.05) is 51.3 Å². The summed E-state index contributed by atoms with van der Waals surface area (Å²) < 4.78 is 11.2. The highest BCUT2D eigenvalue weighted by Gasteiger charge is 2.24. The third-order valence-electron chi connectivity index (χ3n) is 4.71. The first-order valence-electron chi connectivity index (χ1n) is 9.19. The minimum atomic E-state index is -0.00482. The molecule has 1 atom stereocenters. The topological polar surface area (TPSA) is 85.3 Å². The maximum atomic E-state index is 5.87. The Morgan fingerprint density at radius 2 is 2.04 bits per heavy atom. The summed E-state index contributed by atoms with van der Waals surface area (Å²) in [6.45, 7) is 6.11. The Morgan fingerprint density at radius 3 is 2.81 bits per heavy atom. The summed E-state index contributed by atoms with van der Waals surface area (Å²) in [5.74, 6) is 0.636. The highest BCUT2D eigenvalue weighted by atomic mass is 16.5. The van der Waals surface area contributed by atoms with Crippen LogP contribution in [0, 0.1) is 0 Å². The Morgan fingerprint density at radius 1 is 1.12 bits per heavy atom. The summed E-state index contributed by atoms with van der Waals surface area (Å²) in [6.07, 6.45) is 8.93. The average molecular weight is 356 g/mol. The van der Waals surface area contributed by atoms with Gasteiger partial charge in [0.1, 0.15) is 6.10 Å². The summed E-state index contributed by atoms with van der Waals surface area (Å²) in [5.41, 5.74) is 2.56. The summed E-state index contributed by atoms with van der Waals surface area (Å²) in [6, 6.07) is 0. The molecular weight excluding hydrogens is 332 g/mol. The van der Waals surface area contributed by atoms with Gasteiger partial charge in [-0.1, -0.05) is 0 Å². The van der Waals surface area contributed by atoms with Gasteiger partial charge in [-0.25, -0.2) is 9.97 Å². The van der Waals surface area contributed by atoms with Crippen LogP contribution in [-0.2, 0) is 9.47 Å². The smallest absolute Gasteiger partial charge is 0.223 e. The highest BCUT2D eigenvalue weighted by molar-refractivity contribution is 5.61. The second kappa shape index (κ2) is 8.48. The largest absolute Gasteiger partial charge is 0.379 e. The first-order valence-corrected chi connectivity index (χ1v) is 9.19. The van der Waals surface area contributed by atoms with E-state index in [4.69, 9.17) is 14.5 Å². The van der Waals surface area contributed by atoms with E-state index in [-0.39, 0.29) is 6.10 Å². The van der Waals surface area contributed by atoms with Gasteiger partial charge in [0.2, 0.25) is 5.95 Å². The molecule has 0 aromatic carbocycles. The Bertz CT molecular complexity index is 702. The van der Waals surface area contributed by atoms with Gasteiger partial charge in [-0.2, -0.15) is 0 Å². The molecule has 0 aliphatic carbocycles. The van der Waals surface area contributed by atoms with Crippen molar-refractivity contribution in [1.82, 2.24) is 24.8 Å². The molecule has 2 aromatic rings. The van der Waals surface area contributed by atoms with E-state index in [1.165, 1.54) is 0 Å². The van der Waals surface area contributed by atoms with Crippen molar-refractivity contribution >= 4 is 5.95 Å². The molecule has 4 heterocycles. The first kappa shape index (κ1) is 17.3. The molecule has 8 nitrogen and oxygen atoms in total. The molecule has 2 saturated heterocycles. The van der Waals surface area contributed by atoms with Crippen LogP contribution in [0.1, 0.15) is 24.6 Å². The van der Waals surface area contributed by atoms with Gasteiger partial charge in [0.25, 0.3) is 0 Å². The van der Waals surface area contributed by atoms with Gasteiger partial charge < -0.3 is 14.8 Å². The Kier molecular flexibility index (Phi) is 5.63. The lowest BCUT2D eigenvalue weighted by molar-refractivity contribution is 0.0398. The fraction of sp³-hybridized carbons (Fsp3) is 0.556. The van der Waals surface area contributed by atoms with E-state index in [1.54, 1.807) is 18.6 Å². The predicted octanol–water partition coefficient (Wildman–Crippen LogP) is 1.53. The lowest BCUT2D eigenvalue weighted by Crippen LogP contribution is -2.39. The molecule has 2 aromatic heterocycles. The van der Waals surface area contributed by atoms with E-state index < -0.39 is 0 Å². The van der Waals surface area contributed by atoms with Crippen molar-refractivity contribution < 1.29 is 9.47 Å². The molecular formula is C18H24N6O2. The van der Waals surface area contributed by atoms with Crippen LogP contribution in [0.15, 0.2) is 24.8 Å². The van der Waals surface area contributed by atoms with E-state index in [2.05, 4.69) is 25.2 Å². The second-order valence-electron chi connectivity index (χ2n) is 6.47. The van der Waals surface area contributed by atoms with Crippen molar-refractivity contribution in [3.8, 4) is 11.3 Å². The van der Waals surface area contributed by atoms with E-state index in [9.17, 15) is 0 Å². The van der Waals surface area contributed by atoms with E-state index >= 15 is 0 Å². The van der Waals surface area contributed by atoms with Gasteiger partial charge in [-0.3, -0.25) is 14.9 Å². The maximum Gasteiger partial charge on any atom is 0.223 e.